The Balaban J connectivity index is 4.30. The van der Waals surface area contributed by atoms with E-state index in [1.165, 1.54) is 6.08 Å². The molecule has 106 valence electrons. The van der Waals surface area contributed by atoms with Gasteiger partial charge in [0.15, 0.2) is 0 Å². The quantitative estimate of drug-likeness (QED) is 0.327. The third-order valence-electron chi connectivity index (χ3n) is 2.49. The maximum Gasteiger partial charge on any atom is 0.469 e. The summed E-state index contributed by atoms with van der Waals surface area (Å²) >= 11 is 0. The number of nitrogens with zero attached hydrogens (tertiary/aromatic N) is 1. The first-order valence-corrected chi connectivity index (χ1v) is 7.01. The first-order valence-electron chi connectivity index (χ1n) is 5.47. The van der Waals surface area contributed by atoms with Crippen LogP contribution in [0.25, 0.3) is 0 Å². The van der Waals surface area contributed by atoms with Crippen LogP contribution in [-0.2, 0) is 13.9 Å². The van der Waals surface area contributed by atoms with Crippen LogP contribution in [0.15, 0.2) is 12.7 Å². The van der Waals surface area contributed by atoms with Gasteiger partial charge in [-0.1, -0.05) is 6.58 Å². The van der Waals surface area contributed by atoms with Crippen molar-refractivity contribution >= 4 is 13.7 Å². The van der Waals surface area contributed by atoms with Gasteiger partial charge in [0.2, 0.25) is 5.91 Å². The lowest BCUT2D eigenvalue weighted by atomic mass is 10.1. The zero-order valence-corrected chi connectivity index (χ0v) is 11.9. The average Bonchev–Trinajstić information content (AvgIpc) is 2.19. The normalized spacial score (nSPS) is 14.1. The molecule has 0 radical (unpaired) electrons. The van der Waals surface area contributed by atoms with Crippen LogP contribution in [0.3, 0.4) is 0 Å². The first kappa shape index (κ1) is 17.3. The number of hydrogen-bond acceptors (Lipinski definition) is 3. The molecule has 0 aromatic heterocycles. The molecule has 3 N–H and O–H groups in total. The lowest BCUT2D eigenvalue weighted by Gasteiger charge is -2.34. The van der Waals surface area contributed by atoms with Gasteiger partial charge >= 0.3 is 7.82 Å². The molecule has 0 heterocycles. The maximum atomic E-state index is 11.0. The standard InChI is InChI=1S/C10H21N2O5P/c1-5-10(13)11-7-6-9(12(2,3)4)8-17-18(14,15)16/h5,9H,1,6-8H2,2-4H3,(H2-,11,13,14,15,16)/p+1. The van der Waals surface area contributed by atoms with E-state index in [0.29, 0.717) is 17.4 Å². The van der Waals surface area contributed by atoms with E-state index < -0.39 is 7.82 Å². The maximum absolute atomic E-state index is 11.0. The van der Waals surface area contributed by atoms with Gasteiger partial charge in [0.25, 0.3) is 0 Å². The molecule has 0 spiro atoms. The fraction of sp³-hybridized carbons (Fsp3) is 0.700. The summed E-state index contributed by atoms with van der Waals surface area (Å²) in [5.41, 5.74) is 0. The lowest BCUT2D eigenvalue weighted by molar-refractivity contribution is -0.896. The number of amides is 1. The van der Waals surface area contributed by atoms with Crippen LogP contribution in [0.2, 0.25) is 0 Å². The first-order chi connectivity index (χ1) is 8.06. The number of quaternary nitrogens is 1. The second-order valence-corrected chi connectivity index (χ2v) is 6.08. The van der Waals surface area contributed by atoms with Crippen molar-refractivity contribution in [3.05, 3.63) is 12.7 Å². The van der Waals surface area contributed by atoms with Crippen LogP contribution in [0.4, 0.5) is 0 Å². The lowest BCUT2D eigenvalue weighted by Crippen LogP contribution is -2.49. The van der Waals surface area contributed by atoms with E-state index in [-0.39, 0.29) is 18.6 Å². The van der Waals surface area contributed by atoms with E-state index in [1.54, 1.807) is 0 Å². The van der Waals surface area contributed by atoms with Crippen molar-refractivity contribution in [2.24, 2.45) is 0 Å². The highest BCUT2D eigenvalue weighted by molar-refractivity contribution is 7.46. The molecule has 18 heavy (non-hydrogen) atoms. The smallest absolute Gasteiger partial charge is 0.352 e. The minimum Gasteiger partial charge on any atom is -0.352 e. The molecule has 1 atom stereocenters. The second kappa shape index (κ2) is 7.01. The predicted molar refractivity (Wildman–Crippen MR) is 67.6 cm³/mol. The Morgan fingerprint density at radius 1 is 1.50 bits per heavy atom. The third kappa shape index (κ3) is 8.38. The van der Waals surface area contributed by atoms with E-state index in [4.69, 9.17) is 9.79 Å². The highest BCUT2D eigenvalue weighted by Crippen LogP contribution is 2.36. The van der Waals surface area contributed by atoms with Crippen molar-refractivity contribution in [1.29, 1.82) is 0 Å². The molecule has 0 saturated carbocycles. The zero-order valence-electron chi connectivity index (χ0n) is 11.0. The molecule has 7 nitrogen and oxygen atoms in total. The number of rotatable bonds is 8. The topological polar surface area (TPSA) is 95.9 Å². The number of carbonyl (C=O) groups is 1. The molecule has 0 bridgehead atoms. The third-order valence-corrected chi connectivity index (χ3v) is 2.98. The molecule has 0 aliphatic rings. The van der Waals surface area contributed by atoms with Crippen molar-refractivity contribution in [2.45, 2.75) is 12.5 Å². The van der Waals surface area contributed by atoms with E-state index >= 15 is 0 Å². The summed E-state index contributed by atoms with van der Waals surface area (Å²) in [5.74, 6) is -0.272. The Labute approximate surface area is 107 Å². The SMILES string of the molecule is C=CC(=O)NCCC(COP(=O)(O)O)[N+](C)(C)C. The molecule has 0 saturated heterocycles. The van der Waals surface area contributed by atoms with Gasteiger partial charge in [0.05, 0.1) is 21.1 Å². The summed E-state index contributed by atoms with van der Waals surface area (Å²) in [7, 11) is 1.22. The predicted octanol–water partition coefficient (Wildman–Crippen LogP) is -0.137. The largest absolute Gasteiger partial charge is 0.469 e. The van der Waals surface area contributed by atoms with Gasteiger partial charge < -0.3 is 19.6 Å². The number of carbonyl (C=O) groups excluding carboxylic acids is 1. The summed E-state index contributed by atoms with van der Waals surface area (Å²) in [4.78, 5) is 28.3. The molecule has 1 unspecified atom stereocenters. The fourth-order valence-electron chi connectivity index (χ4n) is 1.31. The van der Waals surface area contributed by atoms with Crippen LogP contribution < -0.4 is 5.32 Å². The van der Waals surface area contributed by atoms with Gasteiger partial charge in [0.1, 0.15) is 12.6 Å². The molecular formula is C10H22N2O5P+. The average molecular weight is 281 g/mol. The molecular weight excluding hydrogens is 259 g/mol. The van der Waals surface area contributed by atoms with E-state index in [2.05, 4.69) is 16.4 Å². The fourth-order valence-corrected chi connectivity index (χ4v) is 1.68. The van der Waals surface area contributed by atoms with Crippen molar-refractivity contribution < 1.29 is 28.2 Å². The Morgan fingerprint density at radius 2 is 2.06 bits per heavy atom. The van der Waals surface area contributed by atoms with Crippen LogP contribution >= 0.6 is 7.82 Å². The summed E-state index contributed by atoms with van der Waals surface area (Å²) < 4.78 is 15.7. The Morgan fingerprint density at radius 3 is 2.44 bits per heavy atom. The van der Waals surface area contributed by atoms with Gasteiger partial charge in [-0.05, 0) is 6.08 Å². The van der Waals surface area contributed by atoms with Gasteiger partial charge in [0, 0.05) is 13.0 Å². The summed E-state index contributed by atoms with van der Waals surface area (Å²) in [5, 5.41) is 2.62. The minimum atomic E-state index is -4.46. The Kier molecular flexibility index (Phi) is 6.73. The Bertz CT molecular complexity index is 334. The molecule has 0 aromatic carbocycles. The molecule has 8 heteroatoms. The number of phosphoric ester groups is 1. The van der Waals surface area contributed by atoms with Crippen molar-refractivity contribution in [2.75, 3.05) is 34.3 Å². The molecule has 0 aromatic rings. The number of hydrogen-bond donors (Lipinski definition) is 3. The highest BCUT2D eigenvalue weighted by atomic mass is 31.2. The van der Waals surface area contributed by atoms with E-state index in [1.807, 2.05) is 21.1 Å². The van der Waals surface area contributed by atoms with Gasteiger partial charge in [-0.25, -0.2) is 4.57 Å². The van der Waals surface area contributed by atoms with Crippen molar-refractivity contribution in [3.63, 3.8) is 0 Å². The molecule has 0 aliphatic carbocycles. The second-order valence-electron chi connectivity index (χ2n) is 4.84. The van der Waals surface area contributed by atoms with Gasteiger partial charge in [-0.15, -0.1) is 0 Å². The Hall–Kier alpha value is -0.720. The van der Waals surface area contributed by atoms with E-state index in [9.17, 15) is 9.36 Å². The number of likely N-dealkylation sites (N-methyl/N-ethyl adjacent to an activating group) is 1. The van der Waals surface area contributed by atoms with Crippen molar-refractivity contribution in [1.82, 2.24) is 5.32 Å². The van der Waals surface area contributed by atoms with Crippen LogP contribution in [0.5, 0.6) is 0 Å². The summed E-state index contributed by atoms with van der Waals surface area (Å²) in [6, 6.07) is -0.136. The highest BCUT2D eigenvalue weighted by Gasteiger charge is 2.27. The minimum absolute atomic E-state index is 0.0717. The summed E-state index contributed by atoms with van der Waals surface area (Å²) in [6.45, 7) is 3.66. The van der Waals surface area contributed by atoms with E-state index in [0.717, 1.165) is 0 Å². The number of phosphoric acid groups is 1. The number of nitrogens with one attached hydrogen (secondary N) is 1. The zero-order chi connectivity index (χ0) is 14.4. The molecule has 1 amide bonds. The monoisotopic (exact) mass is 281 g/mol. The molecule has 0 rings (SSSR count). The molecule has 0 fully saturated rings. The van der Waals surface area contributed by atoms with Crippen LogP contribution in [-0.4, -0.2) is 60.5 Å². The summed E-state index contributed by atoms with van der Waals surface area (Å²) in [6.07, 6.45) is 1.72. The van der Waals surface area contributed by atoms with Crippen LogP contribution in [0.1, 0.15) is 6.42 Å². The van der Waals surface area contributed by atoms with Gasteiger partial charge in [-0.3, -0.25) is 9.32 Å². The van der Waals surface area contributed by atoms with Gasteiger partial charge in [-0.2, -0.15) is 0 Å². The van der Waals surface area contributed by atoms with Crippen molar-refractivity contribution in [3.8, 4) is 0 Å². The molecule has 0 aliphatic heterocycles. The van der Waals surface area contributed by atoms with Crippen LogP contribution in [0, 0.1) is 0 Å².